The monoisotopic (exact) mass is 314 g/mol. The highest BCUT2D eigenvalue weighted by molar-refractivity contribution is 7.10. The number of anilines is 1. The van der Waals surface area contributed by atoms with Crippen LogP contribution in [-0.2, 0) is 0 Å². The lowest BCUT2D eigenvalue weighted by Gasteiger charge is -2.25. The first-order chi connectivity index (χ1) is 10.0. The van der Waals surface area contributed by atoms with Crippen molar-refractivity contribution in [1.82, 2.24) is 4.98 Å². The molecule has 0 radical (unpaired) electrons. The first-order valence-corrected chi connectivity index (χ1v) is 7.43. The van der Waals surface area contributed by atoms with Gasteiger partial charge in [-0.3, -0.25) is 0 Å². The summed E-state index contributed by atoms with van der Waals surface area (Å²) in [7, 11) is 0. The normalized spacial score (nSPS) is 19.0. The topological polar surface area (TPSA) is 25.4 Å². The van der Waals surface area contributed by atoms with Gasteiger partial charge in [0, 0.05) is 11.4 Å². The number of pyridine rings is 1. The molecule has 2 aromatic heterocycles. The molecule has 3 nitrogen and oxygen atoms in total. The Labute approximate surface area is 124 Å². The number of aromatic nitrogens is 1. The van der Waals surface area contributed by atoms with E-state index >= 15 is 0 Å². The van der Waals surface area contributed by atoms with Crippen LogP contribution < -0.4 is 9.64 Å². The molecule has 0 saturated carbocycles. The van der Waals surface area contributed by atoms with E-state index in [2.05, 4.69) is 20.7 Å². The van der Waals surface area contributed by atoms with Gasteiger partial charge in [0.2, 0.25) is 0 Å². The lowest BCUT2D eigenvalue weighted by molar-refractivity contribution is -0.274. The second-order valence-electron chi connectivity index (χ2n) is 4.77. The maximum Gasteiger partial charge on any atom is 0.573 e. The van der Waals surface area contributed by atoms with E-state index in [-0.39, 0.29) is 11.8 Å². The van der Waals surface area contributed by atoms with Crippen LogP contribution in [0.25, 0.3) is 0 Å². The molecule has 1 atom stereocenters. The largest absolute Gasteiger partial charge is 0.573 e. The molecule has 0 spiro atoms. The molecule has 1 aliphatic heterocycles. The van der Waals surface area contributed by atoms with Crippen LogP contribution >= 0.6 is 11.3 Å². The van der Waals surface area contributed by atoms with Crippen molar-refractivity contribution in [3.05, 3.63) is 40.7 Å². The predicted molar refractivity (Wildman–Crippen MR) is 74.6 cm³/mol. The van der Waals surface area contributed by atoms with E-state index in [4.69, 9.17) is 0 Å². The first kappa shape index (κ1) is 14.2. The van der Waals surface area contributed by atoms with Crippen LogP contribution in [0.15, 0.2) is 35.8 Å². The summed E-state index contributed by atoms with van der Waals surface area (Å²) in [4.78, 5) is 7.49. The van der Waals surface area contributed by atoms with Crippen molar-refractivity contribution < 1.29 is 17.9 Å². The van der Waals surface area contributed by atoms with Gasteiger partial charge in [0.05, 0.1) is 12.2 Å². The van der Waals surface area contributed by atoms with Gasteiger partial charge in [-0.05, 0) is 36.4 Å². The third-order valence-corrected chi connectivity index (χ3v) is 4.35. The number of rotatable bonds is 3. The number of nitrogens with zero attached hydrogens (tertiary/aromatic N) is 2. The Morgan fingerprint density at radius 3 is 2.76 bits per heavy atom. The Morgan fingerprint density at radius 1 is 1.29 bits per heavy atom. The van der Waals surface area contributed by atoms with Crippen molar-refractivity contribution >= 4 is 17.2 Å². The maximum absolute atomic E-state index is 12.1. The number of hydrogen-bond donors (Lipinski definition) is 0. The van der Waals surface area contributed by atoms with Gasteiger partial charge < -0.3 is 9.64 Å². The molecule has 1 unspecified atom stereocenters. The summed E-state index contributed by atoms with van der Waals surface area (Å²) < 4.78 is 40.2. The van der Waals surface area contributed by atoms with Crippen molar-refractivity contribution in [2.75, 3.05) is 11.4 Å². The molecule has 3 rings (SSSR count). The molecule has 112 valence electrons. The van der Waals surface area contributed by atoms with E-state index in [9.17, 15) is 13.2 Å². The van der Waals surface area contributed by atoms with Crippen LogP contribution in [0.4, 0.5) is 19.0 Å². The Hall–Kier alpha value is -1.76. The van der Waals surface area contributed by atoms with Gasteiger partial charge >= 0.3 is 6.36 Å². The molecule has 1 saturated heterocycles. The minimum absolute atomic E-state index is 0.256. The van der Waals surface area contributed by atoms with Crippen molar-refractivity contribution in [1.29, 1.82) is 0 Å². The van der Waals surface area contributed by atoms with E-state index in [1.165, 1.54) is 10.9 Å². The molecule has 1 fully saturated rings. The molecule has 7 heteroatoms. The summed E-state index contributed by atoms with van der Waals surface area (Å²) in [6.07, 6.45) is -1.49. The van der Waals surface area contributed by atoms with E-state index in [0.29, 0.717) is 5.82 Å². The highest BCUT2D eigenvalue weighted by atomic mass is 32.1. The Balaban J connectivity index is 1.77. The first-order valence-electron chi connectivity index (χ1n) is 6.55. The van der Waals surface area contributed by atoms with Crippen LogP contribution in [0, 0.1) is 0 Å². The Bertz CT molecular complexity index is 583. The van der Waals surface area contributed by atoms with Gasteiger partial charge in [-0.25, -0.2) is 4.98 Å². The molecule has 1 aliphatic rings. The van der Waals surface area contributed by atoms with Gasteiger partial charge in [0.1, 0.15) is 11.6 Å². The SMILES string of the molecule is FC(F)(F)Oc1ccc(N2CCCC2c2cccs2)nc1. The van der Waals surface area contributed by atoms with Gasteiger partial charge in [-0.2, -0.15) is 0 Å². The molecule has 2 aromatic rings. The Morgan fingerprint density at radius 2 is 2.14 bits per heavy atom. The molecule has 0 N–H and O–H groups in total. The lowest BCUT2D eigenvalue weighted by Crippen LogP contribution is -2.23. The molecule has 0 aromatic carbocycles. The molecule has 3 heterocycles. The van der Waals surface area contributed by atoms with Crippen molar-refractivity contribution in [3.63, 3.8) is 0 Å². The van der Waals surface area contributed by atoms with Gasteiger partial charge in [0.25, 0.3) is 0 Å². The highest BCUT2D eigenvalue weighted by Crippen LogP contribution is 2.37. The molecular formula is C14H13F3N2OS. The fraction of sp³-hybridized carbons (Fsp3) is 0.357. The zero-order valence-electron chi connectivity index (χ0n) is 11.0. The number of thiophene rings is 1. The molecule has 0 amide bonds. The van der Waals surface area contributed by atoms with Crippen LogP contribution in [0.3, 0.4) is 0 Å². The second kappa shape index (κ2) is 5.55. The standard InChI is InChI=1S/C14H13F3N2OS/c15-14(16,17)20-10-5-6-13(18-9-10)19-7-1-3-11(19)12-4-2-8-21-12/h2,4-6,8-9,11H,1,3,7H2. The summed E-state index contributed by atoms with van der Waals surface area (Å²) >= 11 is 1.69. The molecule has 21 heavy (non-hydrogen) atoms. The number of hydrogen-bond acceptors (Lipinski definition) is 4. The average Bonchev–Trinajstić information content (AvgIpc) is 3.08. The van der Waals surface area contributed by atoms with E-state index in [0.717, 1.165) is 25.6 Å². The third kappa shape index (κ3) is 3.29. The molecule has 0 aliphatic carbocycles. The summed E-state index contributed by atoms with van der Waals surface area (Å²) in [5.41, 5.74) is 0. The van der Waals surface area contributed by atoms with Crippen LogP contribution in [0.5, 0.6) is 5.75 Å². The lowest BCUT2D eigenvalue weighted by atomic mass is 10.2. The van der Waals surface area contributed by atoms with Crippen molar-refractivity contribution in [3.8, 4) is 5.75 Å². The molecular weight excluding hydrogens is 301 g/mol. The summed E-state index contributed by atoms with van der Waals surface area (Å²) in [5.74, 6) is 0.388. The zero-order valence-corrected chi connectivity index (χ0v) is 11.8. The van der Waals surface area contributed by atoms with Gasteiger partial charge in [-0.1, -0.05) is 6.07 Å². The smallest absolute Gasteiger partial charge is 0.404 e. The van der Waals surface area contributed by atoms with Crippen LogP contribution in [-0.4, -0.2) is 17.9 Å². The summed E-state index contributed by atoms with van der Waals surface area (Å²) in [6.45, 7) is 0.856. The van der Waals surface area contributed by atoms with E-state index in [1.807, 2.05) is 11.4 Å². The van der Waals surface area contributed by atoms with Crippen molar-refractivity contribution in [2.45, 2.75) is 25.2 Å². The molecule has 0 bridgehead atoms. The Kier molecular flexibility index (Phi) is 3.75. The van der Waals surface area contributed by atoms with E-state index in [1.54, 1.807) is 17.4 Å². The zero-order chi connectivity index (χ0) is 14.9. The average molecular weight is 314 g/mol. The summed E-state index contributed by atoms with van der Waals surface area (Å²) in [6, 6.07) is 7.22. The third-order valence-electron chi connectivity index (χ3n) is 3.37. The van der Waals surface area contributed by atoms with E-state index < -0.39 is 6.36 Å². The highest BCUT2D eigenvalue weighted by Gasteiger charge is 2.32. The fourth-order valence-electron chi connectivity index (χ4n) is 2.55. The van der Waals surface area contributed by atoms with Gasteiger partial charge in [0.15, 0.2) is 0 Å². The van der Waals surface area contributed by atoms with Gasteiger partial charge in [-0.15, -0.1) is 24.5 Å². The number of ether oxygens (including phenoxy) is 1. The summed E-state index contributed by atoms with van der Waals surface area (Å²) in [5, 5.41) is 2.03. The number of alkyl halides is 3. The maximum atomic E-state index is 12.1. The second-order valence-corrected chi connectivity index (χ2v) is 5.75. The predicted octanol–water partition coefficient (Wildman–Crippen LogP) is 4.38. The number of halogens is 3. The quantitative estimate of drug-likeness (QED) is 0.840. The van der Waals surface area contributed by atoms with Crippen molar-refractivity contribution in [2.24, 2.45) is 0 Å². The minimum atomic E-state index is -4.68. The minimum Gasteiger partial charge on any atom is -0.404 e. The van der Waals surface area contributed by atoms with Crippen LogP contribution in [0.1, 0.15) is 23.8 Å². The van der Waals surface area contributed by atoms with Crippen LogP contribution in [0.2, 0.25) is 0 Å². The fourth-order valence-corrected chi connectivity index (χ4v) is 3.43.